The van der Waals surface area contributed by atoms with Crippen molar-refractivity contribution < 1.29 is 4.74 Å². The highest BCUT2D eigenvalue weighted by molar-refractivity contribution is 7.15. The maximum atomic E-state index is 5.73. The minimum absolute atomic E-state index is 0.0991. The molecular weight excluding hydrogens is 232 g/mol. The third kappa shape index (κ3) is 1.60. The monoisotopic (exact) mass is 246 g/mol. The van der Waals surface area contributed by atoms with Gasteiger partial charge in [0.1, 0.15) is 5.75 Å². The van der Waals surface area contributed by atoms with E-state index in [1.807, 2.05) is 18.3 Å². The summed E-state index contributed by atoms with van der Waals surface area (Å²) in [7, 11) is 1.72. The van der Waals surface area contributed by atoms with Crippen LogP contribution < -0.4 is 10.5 Å². The minimum atomic E-state index is 0.0991. The van der Waals surface area contributed by atoms with Crippen LogP contribution in [0.25, 0.3) is 0 Å². The van der Waals surface area contributed by atoms with Crippen LogP contribution in [0.15, 0.2) is 30.5 Å². The van der Waals surface area contributed by atoms with E-state index in [4.69, 9.17) is 10.5 Å². The quantitative estimate of drug-likeness (QED) is 0.906. The van der Waals surface area contributed by atoms with E-state index in [1.165, 1.54) is 10.4 Å². The van der Waals surface area contributed by atoms with E-state index >= 15 is 0 Å². The van der Waals surface area contributed by atoms with Gasteiger partial charge in [0.05, 0.1) is 7.11 Å². The van der Waals surface area contributed by atoms with E-state index in [0.717, 1.165) is 18.6 Å². The summed E-state index contributed by atoms with van der Waals surface area (Å²) in [5.74, 6) is 0.956. The molecule has 0 spiro atoms. The van der Waals surface area contributed by atoms with Crippen LogP contribution in [0, 0.1) is 0 Å². The van der Waals surface area contributed by atoms with Gasteiger partial charge in [-0.1, -0.05) is 18.2 Å². The van der Waals surface area contributed by atoms with E-state index in [0.29, 0.717) is 5.13 Å². The first-order chi connectivity index (χ1) is 8.26. The Morgan fingerprint density at radius 3 is 2.71 bits per heavy atom. The van der Waals surface area contributed by atoms with Crippen LogP contribution >= 0.6 is 11.3 Å². The van der Waals surface area contributed by atoms with Crippen LogP contribution in [0.1, 0.15) is 23.3 Å². The van der Waals surface area contributed by atoms with Gasteiger partial charge >= 0.3 is 0 Å². The molecule has 2 aromatic rings. The van der Waals surface area contributed by atoms with Crippen LogP contribution in [0.5, 0.6) is 5.75 Å². The van der Waals surface area contributed by atoms with Crippen molar-refractivity contribution in [1.29, 1.82) is 0 Å². The number of hydrogen-bond donors (Lipinski definition) is 1. The van der Waals surface area contributed by atoms with Crippen LogP contribution in [0.4, 0.5) is 5.13 Å². The standard InChI is InChI=1S/C13H14N2OS/c1-16-10-5-3-2-4-9(10)13(6-7-13)11-8-15-12(14)17-11/h2-5,8H,6-7H2,1H3,(H2,14,15). The lowest BCUT2D eigenvalue weighted by atomic mass is 9.94. The summed E-state index contributed by atoms with van der Waals surface area (Å²) in [4.78, 5) is 5.41. The van der Waals surface area contributed by atoms with Gasteiger partial charge in [0.15, 0.2) is 5.13 Å². The molecule has 0 atom stereocenters. The Balaban J connectivity index is 2.09. The Hall–Kier alpha value is -1.55. The molecule has 1 aliphatic carbocycles. The van der Waals surface area contributed by atoms with Crippen molar-refractivity contribution in [2.24, 2.45) is 0 Å². The molecule has 1 aromatic carbocycles. The van der Waals surface area contributed by atoms with Crippen molar-refractivity contribution in [1.82, 2.24) is 4.98 Å². The Bertz CT molecular complexity index is 546. The van der Waals surface area contributed by atoms with Crippen LogP contribution in [0.3, 0.4) is 0 Å². The molecule has 1 aromatic heterocycles. The first-order valence-electron chi connectivity index (χ1n) is 5.61. The summed E-state index contributed by atoms with van der Waals surface area (Å²) in [6.07, 6.45) is 4.20. The zero-order chi connectivity index (χ0) is 11.9. The third-order valence-corrected chi connectivity index (χ3v) is 4.40. The average Bonchev–Trinajstić information content (AvgIpc) is 3.06. The first-order valence-corrected chi connectivity index (χ1v) is 6.43. The summed E-state index contributed by atoms with van der Waals surface area (Å²) >= 11 is 1.58. The van der Waals surface area contributed by atoms with Crippen molar-refractivity contribution in [3.63, 3.8) is 0 Å². The SMILES string of the molecule is COc1ccccc1C1(c2cnc(N)s2)CC1. The smallest absolute Gasteiger partial charge is 0.180 e. The highest BCUT2D eigenvalue weighted by Crippen LogP contribution is 2.57. The molecule has 3 nitrogen and oxygen atoms in total. The number of methoxy groups -OCH3 is 1. The van der Waals surface area contributed by atoms with Crippen LogP contribution in [0.2, 0.25) is 0 Å². The number of hydrogen-bond acceptors (Lipinski definition) is 4. The fraction of sp³-hybridized carbons (Fsp3) is 0.308. The first kappa shape index (κ1) is 10.6. The molecule has 0 aliphatic heterocycles. The summed E-state index contributed by atoms with van der Waals surface area (Å²) in [6, 6.07) is 8.21. The predicted octanol–water partition coefficient (Wildman–Crippen LogP) is 2.81. The summed E-state index contributed by atoms with van der Waals surface area (Å²) in [5, 5.41) is 0.640. The van der Waals surface area contributed by atoms with E-state index in [-0.39, 0.29) is 5.41 Å². The molecule has 88 valence electrons. The van der Waals surface area contributed by atoms with Gasteiger partial charge in [0.25, 0.3) is 0 Å². The van der Waals surface area contributed by atoms with Crippen LogP contribution in [-0.2, 0) is 5.41 Å². The topological polar surface area (TPSA) is 48.1 Å². The highest BCUT2D eigenvalue weighted by Gasteiger charge is 2.49. The van der Waals surface area contributed by atoms with Crippen LogP contribution in [-0.4, -0.2) is 12.1 Å². The lowest BCUT2D eigenvalue weighted by Gasteiger charge is -2.16. The zero-order valence-corrected chi connectivity index (χ0v) is 10.5. The third-order valence-electron chi connectivity index (χ3n) is 3.37. The molecule has 4 heteroatoms. The molecule has 1 aliphatic rings. The Morgan fingerprint density at radius 1 is 1.35 bits per heavy atom. The molecule has 17 heavy (non-hydrogen) atoms. The molecule has 0 saturated heterocycles. The maximum Gasteiger partial charge on any atom is 0.180 e. The Morgan fingerprint density at radius 2 is 2.12 bits per heavy atom. The number of rotatable bonds is 3. The number of aromatic nitrogens is 1. The lowest BCUT2D eigenvalue weighted by Crippen LogP contribution is -2.08. The summed E-state index contributed by atoms with van der Waals surface area (Å²) < 4.78 is 5.45. The molecule has 0 unspecified atom stereocenters. The number of anilines is 1. The lowest BCUT2D eigenvalue weighted by molar-refractivity contribution is 0.407. The maximum absolute atomic E-state index is 5.73. The number of thiazole rings is 1. The van der Waals surface area contributed by atoms with Crippen molar-refractivity contribution >= 4 is 16.5 Å². The second kappa shape index (κ2) is 3.74. The second-order valence-electron chi connectivity index (χ2n) is 4.35. The molecule has 1 fully saturated rings. The van der Waals surface area contributed by atoms with Gasteiger partial charge in [-0.15, -0.1) is 11.3 Å². The molecule has 0 radical (unpaired) electrons. The predicted molar refractivity (Wildman–Crippen MR) is 69.5 cm³/mol. The normalized spacial score (nSPS) is 16.8. The fourth-order valence-electron chi connectivity index (χ4n) is 2.32. The van der Waals surface area contributed by atoms with Crippen molar-refractivity contribution in [3.8, 4) is 5.75 Å². The van der Waals surface area contributed by atoms with Gasteiger partial charge in [-0.3, -0.25) is 0 Å². The van der Waals surface area contributed by atoms with E-state index in [2.05, 4.69) is 17.1 Å². The van der Waals surface area contributed by atoms with Gasteiger partial charge in [-0.05, 0) is 18.9 Å². The highest BCUT2D eigenvalue weighted by atomic mass is 32.1. The van der Waals surface area contributed by atoms with Crippen molar-refractivity contribution in [2.45, 2.75) is 18.3 Å². The minimum Gasteiger partial charge on any atom is -0.496 e. The number of benzene rings is 1. The van der Waals surface area contributed by atoms with E-state index in [9.17, 15) is 0 Å². The number of nitrogen functional groups attached to an aromatic ring is 1. The summed E-state index contributed by atoms with van der Waals surface area (Å²) in [6.45, 7) is 0. The molecule has 0 amide bonds. The van der Waals surface area contributed by atoms with Crippen molar-refractivity contribution in [2.75, 3.05) is 12.8 Å². The van der Waals surface area contributed by atoms with Gasteiger partial charge in [-0.25, -0.2) is 4.98 Å². The fourth-order valence-corrected chi connectivity index (χ4v) is 3.27. The van der Waals surface area contributed by atoms with E-state index < -0.39 is 0 Å². The second-order valence-corrected chi connectivity index (χ2v) is 5.41. The van der Waals surface area contributed by atoms with Crippen molar-refractivity contribution in [3.05, 3.63) is 40.9 Å². The Kier molecular flexibility index (Phi) is 2.33. The zero-order valence-electron chi connectivity index (χ0n) is 9.64. The molecule has 2 N–H and O–H groups in total. The number of para-hydroxylation sites is 1. The van der Waals surface area contributed by atoms with Gasteiger partial charge in [0, 0.05) is 22.1 Å². The van der Waals surface area contributed by atoms with Gasteiger partial charge < -0.3 is 10.5 Å². The number of nitrogens with two attached hydrogens (primary N) is 1. The van der Waals surface area contributed by atoms with Gasteiger partial charge in [-0.2, -0.15) is 0 Å². The Labute approximate surface area is 104 Å². The largest absolute Gasteiger partial charge is 0.496 e. The average molecular weight is 246 g/mol. The molecule has 0 bridgehead atoms. The molecular formula is C13H14N2OS. The van der Waals surface area contributed by atoms with Gasteiger partial charge in [0.2, 0.25) is 0 Å². The number of nitrogens with zero attached hydrogens (tertiary/aromatic N) is 1. The molecule has 1 heterocycles. The summed E-state index contributed by atoms with van der Waals surface area (Å²) in [5.41, 5.74) is 7.08. The van der Waals surface area contributed by atoms with E-state index in [1.54, 1.807) is 18.4 Å². The molecule has 3 rings (SSSR count). The molecule has 1 saturated carbocycles. The number of ether oxygens (including phenoxy) is 1.